The van der Waals surface area contributed by atoms with Crippen LogP contribution in [-0.4, -0.2) is 37.8 Å². The van der Waals surface area contributed by atoms with Crippen molar-refractivity contribution in [1.29, 1.82) is 0 Å². The summed E-state index contributed by atoms with van der Waals surface area (Å²) in [5, 5.41) is 10.5. The Bertz CT molecular complexity index is 783. The van der Waals surface area contributed by atoms with Crippen molar-refractivity contribution in [2.24, 2.45) is 0 Å². The van der Waals surface area contributed by atoms with Crippen molar-refractivity contribution in [2.45, 2.75) is 12.3 Å². The molecule has 4 rings (SSSR count). The fourth-order valence-corrected chi connectivity index (χ4v) is 2.51. The van der Waals surface area contributed by atoms with Gasteiger partial charge in [0.25, 0.3) is 0 Å². The number of anilines is 1. The average Bonchev–Trinajstić information content (AvgIpc) is 3.28. The van der Waals surface area contributed by atoms with E-state index in [1.165, 1.54) is 0 Å². The predicted octanol–water partition coefficient (Wildman–Crippen LogP) is 1.38. The first-order valence-electron chi connectivity index (χ1n) is 6.85. The van der Waals surface area contributed by atoms with E-state index in [2.05, 4.69) is 25.3 Å². The largest absolute Gasteiger partial charge is 0.339 e. The lowest BCUT2D eigenvalue weighted by molar-refractivity contribution is -0.117. The Kier molecular flexibility index (Phi) is 2.92. The third-order valence-corrected chi connectivity index (χ3v) is 3.61. The van der Waals surface area contributed by atoms with Crippen molar-refractivity contribution in [2.75, 3.05) is 11.4 Å². The summed E-state index contributed by atoms with van der Waals surface area (Å²) >= 11 is 0. The summed E-state index contributed by atoms with van der Waals surface area (Å²) in [5.41, 5.74) is 1.39. The molecule has 1 N–H and O–H groups in total. The summed E-state index contributed by atoms with van der Waals surface area (Å²) in [6.45, 7) is 0.502. The van der Waals surface area contributed by atoms with E-state index < -0.39 is 0 Å². The molecule has 1 aliphatic rings. The van der Waals surface area contributed by atoms with Crippen LogP contribution >= 0.6 is 0 Å². The number of carbonyl (C=O) groups is 1. The number of hydrogen-bond acceptors (Lipinski definition) is 6. The lowest BCUT2D eigenvalue weighted by atomic mass is 10.1. The molecule has 4 heterocycles. The van der Waals surface area contributed by atoms with E-state index in [1.54, 1.807) is 23.5 Å². The van der Waals surface area contributed by atoms with E-state index in [9.17, 15) is 4.79 Å². The van der Waals surface area contributed by atoms with Gasteiger partial charge in [-0.3, -0.25) is 14.9 Å². The molecule has 0 aliphatic carbocycles. The van der Waals surface area contributed by atoms with Gasteiger partial charge in [0.05, 0.1) is 17.8 Å². The van der Waals surface area contributed by atoms with Crippen LogP contribution in [0.15, 0.2) is 41.3 Å². The maximum Gasteiger partial charge on any atom is 0.232 e. The summed E-state index contributed by atoms with van der Waals surface area (Å²) in [5.74, 6) is 0.793. The predicted molar refractivity (Wildman–Crippen MR) is 75.8 cm³/mol. The molecule has 1 atom stereocenters. The Morgan fingerprint density at radius 2 is 2.32 bits per heavy atom. The molecule has 0 spiro atoms. The summed E-state index contributed by atoms with van der Waals surface area (Å²) in [6, 6.07) is 5.49. The van der Waals surface area contributed by atoms with Crippen molar-refractivity contribution in [3.8, 4) is 11.5 Å². The van der Waals surface area contributed by atoms with Crippen molar-refractivity contribution >= 4 is 11.6 Å². The Morgan fingerprint density at radius 1 is 1.36 bits per heavy atom. The van der Waals surface area contributed by atoms with Crippen molar-refractivity contribution < 1.29 is 9.32 Å². The van der Waals surface area contributed by atoms with Crippen LogP contribution < -0.4 is 4.90 Å². The number of amides is 1. The SMILES string of the molecule is O=C1C[C@@H](c2nc(-c3ccccn3)no2)CN1c1cn[nH]c1. The minimum absolute atomic E-state index is 0.0176. The van der Waals surface area contributed by atoms with Crippen molar-refractivity contribution in [3.05, 3.63) is 42.7 Å². The number of pyridine rings is 1. The van der Waals surface area contributed by atoms with Crippen LogP contribution in [0.1, 0.15) is 18.2 Å². The number of rotatable bonds is 3. The first kappa shape index (κ1) is 12.7. The van der Waals surface area contributed by atoms with Gasteiger partial charge in [-0.2, -0.15) is 10.1 Å². The van der Waals surface area contributed by atoms with Gasteiger partial charge in [-0.25, -0.2) is 0 Å². The summed E-state index contributed by atoms with van der Waals surface area (Å²) in [4.78, 5) is 22.3. The maximum absolute atomic E-state index is 12.1. The maximum atomic E-state index is 12.1. The van der Waals surface area contributed by atoms with E-state index in [0.29, 0.717) is 30.4 Å². The smallest absolute Gasteiger partial charge is 0.232 e. The molecule has 1 amide bonds. The van der Waals surface area contributed by atoms with Crippen LogP contribution in [0.25, 0.3) is 11.5 Å². The number of nitrogens with one attached hydrogen (secondary N) is 1. The second kappa shape index (κ2) is 5.06. The lowest BCUT2D eigenvalue weighted by Gasteiger charge is -2.12. The first-order valence-corrected chi connectivity index (χ1v) is 6.85. The molecule has 22 heavy (non-hydrogen) atoms. The van der Waals surface area contributed by atoms with E-state index >= 15 is 0 Å². The molecular weight excluding hydrogens is 284 g/mol. The molecular formula is C14H12N6O2. The summed E-state index contributed by atoms with van der Waals surface area (Å²) in [6.07, 6.45) is 5.32. The Labute approximate surface area is 125 Å². The van der Waals surface area contributed by atoms with Crippen LogP contribution in [0.4, 0.5) is 5.69 Å². The molecule has 0 aromatic carbocycles. The van der Waals surface area contributed by atoms with Crippen LogP contribution in [0.5, 0.6) is 0 Å². The minimum atomic E-state index is -0.118. The monoisotopic (exact) mass is 296 g/mol. The first-order chi connectivity index (χ1) is 10.8. The lowest BCUT2D eigenvalue weighted by Crippen LogP contribution is -2.23. The average molecular weight is 296 g/mol. The quantitative estimate of drug-likeness (QED) is 0.783. The zero-order valence-corrected chi connectivity index (χ0v) is 11.5. The molecule has 8 heteroatoms. The normalized spacial score (nSPS) is 18.1. The van der Waals surface area contributed by atoms with Gasteiger partial charge in [-0.05, 0) is 12.1 Å². The molecule has 1 aliphatic heterocycles. The summed E-state index contributed by atoms with van der Waals surface area (Å²) < 4.78 is 5.31. The Morgan fingerprint density at radius 3 is 3.09 bits per heavy atom. The van der Waals surface area contributed by atoms with Gasteiger partial charge in [0.1, 0.15) is 5.69 Å². The van der Waals surface area contributed by atoms with Crippen LogP contribution in [0.2, 0.25) is 0 Å². The third-order valence-electron chi connectivity index (χ3n) is 3.61. The highest BCUT2D eigenvalue weighted by molar-refractivity contribution is 5.96. The molecule has 3 aromatic rings. The van der Waals surface area contributed by atoms with E-state index in [-0.39, 0.29) is 11.8 Å². The fourth-order valence-electron chi connectivity index (χ4n) is 2.51. The number of nitrogens with zero attached hydrogens (tertiary/aromatic N) is 5. The van der Waals surface area contributed by atoms with Gasteiger partial charge < -0.3 is 9.42 Å². The minimum Gasteiger partial charge on any atom is -0.339 e. The zero-order chi connectivity index (χ0) is 14.9. The second-order valence-electron chi connectivity index (χ2n) is 5.03. The highest BCUT2D eigenvalue weighted by atomic mass is 16.5. The third kappa shape index (κ3) is 2.14. The topological polar surface area (TPSA) is 101 Å². The van der Waals surface area contributed by atoms with Gasteiger partial charge in [0, 0.05) is 25.4 Å². The Balaban J connectivity index is 1.57. The molecule has 1 saturated heterocycles. The van der Waals surface area contributed by atoms with Crippen LogP contribution in [0.3, 0.4) is 0 Å². The highest BCUT2D eigenvalue weighted by Gasteiger charge is 2.35. The molecule has 110 valence electrons. The number of aromatic nitrogens is 5. The Hall–Kier alpha value is -3.03. The number of aromatic amines is 1. The fraction of sp³-hybridized carbons (Fsp3) is 0.214. The molecule has 8 nitrogen and oxygen atoms in total. The molecule has 1 fully saturated rings. The van der Waals surface area contributed by atoms with E-state index in [4.69, 9.17) is 4.52 Å². The van der Waals surface area contributed by atoms with E-state index in [0.717, 1.165) is 5.69 Å². The number of H-pyrrole nitrogens is 1. The standard InChI is InChI=1S/C14H12N6O2/c21-12-5-9(8-20(12)10-6-16-17-7-10)14-18-13(19-22-14)11-3-1-2-4-15-11/h1-4,6-7,9H,5,8H2,(H,16,17)/t9-/m1/s1. The summed E-state index contributed by atoms with van der Waals surface area (Å²) in [7, 11) is 0. The van der Waals surface area contributed by atoms with Gasteiger partial charge in [-0.1, -0.05) is 11.2 Å². The van der Waals surface area contributed by atoms with E-state index in [1.807, 2.05) is 18.2 Å². The molecule has 0 unspecified atom stereocenters. The molecule has 3 aromatic heterocycles. The van der Waals surface area contributed by atoms with Crippen LogP contribution in [-0.2, 0) is 4.79 Å². The zero-order valence-electron chi connectivity index (χ0n) is 11.5. The van der Waals surface area contributed by atoms with Crippen molar-refractivity contribution in [3.63, 3.8) is 0 Å². The van der Waals surface area contributed by atoms with Crippen molar-refractivity contribution in [1.82, 2.24) is 25.3 Å². The van der Waals surface area contributed by atoms with Gasteiger partial charge in [-0.15, -0.1) is 0 Å². The molecule has 0 radical (unpaired) electrons. The number of hydrogen-bond donors (Lipinski definition) is 1. The second-order valence-corrected chi connectivity index (χ2v) is 5.03. The van der Waals surface area contributed by atoms with Gasteiger partial charge in [0.2, 0.25) is 17.6 Å². The highest BCUT2D eigenvalue weighted by Crippen LogP contribution is 2.31. The van der Waals surface area contributed by atoms with Gasteiger partial charge in [0.15, 0.2) is 0 Å². The van der Waals surface area contributed by atoms with Gasteiger partial charge >= 0.3 is 0 Å². The molecule has 0 saturated carbocycles. The number of carbonyl (C=O) groups excluding carboxylic acids is 1. The van der Waals surface area contributed by atoms with Crippen LogP contribution in [0, 0.1) is 0 Å². The molecule has 0 bridgehead atoms.